The predicted octanol–water partition coefficient (Wildman–Crippen LogP) is 4.39. The fourth-order valence-electron chi connectivity index (χ4n) is 1.83. The van der Waals surface area contributed by atoms with E-state index in [0.717, 1.165) is 30.9 Å². The van der Waals surface area contributed by atoms with Crippen LogP contribution in [-0.2, 0) is 6.42 Å². The number of benzene rings is 1. The van der Waals surface area contributed by atoms with E-state index in [2.05, 4.69) is 15.9 Å². The summed E-state index contributed by atoms with van der Waals surface area (Å²) in [5.41, 5.74) is 1.15. The van der Waals surface area contributed by atoms with E-state index in [1.807, 2.05) is 0 Å². The third-order valence-electron chi connectivity index (χ3n) is 2.51. The fraction of sp³-hybridized carbons (Fsp3) is 0.400. The Bertz CT molecular complexity index is 379. The molecule has 0 nitrogen and oxygen atoms in total. The summed E-state index contributed by atoms with van der Waals surface area (Å²) >= 11 is 9.20. The molecule has 1 aromatic rings. The van der Waals surface area contributed by atoms with E-state index in [0.29, 0.717) is 10.6 Å². The summed E-state index contributed by atoms with van der Waals surface area (Å²) in [5.74, 6) is -1.62. The van der Waals surface area contributed by atoms with E-state index in [1.54, 1.807) is 0 Å². The van der Waals surface area contributed by atoms with Crippen LogP contribution >= 0.6 is 27.5 Å². The monoisotopic (exact) mass is 280 g/mol. The molecule has 0 saturated heterocycles. The second-order valence-corrected chi connectivity index (χ2v) is 4.92. The molecule has 0 aromatic heterocycles. The molecule has 1 aliphatic carbocycles. The van der Waals surface area contributed by atoms with Gasteiger partial charge < -0.3 is 0 Å². The highest BCUT2D eigenvalue weighted by molar-refractivity contribution is 9.09. The van der Waals surface area contributed by atoms with Gasteiger partial charge in [0.1, 0.15) is 0 Å². The van der Waals surface area contributed by atoms with Gasteiger partial charge in [-0.1, -0.05) is 27.5 Å². The zero-order valence-electron chi connectivity index (χ0n) is 7.29. The average molecular weight is 282 g/mol. The van der Waals surface area contributed by atoms with Gasteiger partial charge in [-0.3, -0.25) is 0 Å². The summed E-state index contributed by atoms with van der Waals surface area (Å²) < 4.78 is 26.5. The molecule has 76 valence electrons. The van der Waals surface area contributed by atoms with Crippen molar-refractivity contribution in [1.82, 2.24) is 0 Å². The van der Waals surface area contributed by atoms with Gasteiger partial charge >= 0.3 is 0 Å². The Balaban J connectivity index is 2.67. The Morgan fingerprint density at radius 2 is 2.14 bits per heavy atom. The van der Waals surface area contributed by atoms with Crippen molar-refractivity contribution < 1.29 is 8.78 Å². The van der Waals surface area contributed by atoms with Crippen LogP contribution in [0.3, 0.4) is 0 Å². The van der Waals surface area contributed by atoms with Crippen molar-refractivity contribution in [3.05, 3.63) is 33.9 Å². The van der Waals surface area contributed by atoms with Crippen molar-refractivity contribution in [2.75, 3.05) is 0 Å². The van der Waals surface area contributed by atoms with Crippen LogP contribution in [0.2, 0.25) is 5.02 Å². The molecular weight excluding hydrogens is 273 g/mol. The highest BCUT2D eigenvalue weighted by Crippen LogP contribution is 2.41. The molecule has 0 saturated carbocycles. The second kappa shape index (κ2) is 3.78. The molecule has 0 N–H and O–H groups in total. The van der Waals surface area contributed by atoms with E-state index in [9.17, 15) is 8.78 Å². The van der Waals surface area contributed by atoms with Crippen LogP contribution in [0.1, 0.15) is 28.8 Å². The lowest BCUT2D eigenvalue weighted by Crippen LogP contribution is -2.10. The van der Waals surface area contributed by atoms with E-state index >= 15 is 0 Å². The number of hydrogen-bond donors (Lipinski definition) is 0. The summed E-state index contributed by atoms with van der Waals surface area (Å²) in [5, 5.41) is 0.336. The van der Waals surface area contributed by atoms with Gasteiger partial charge in [-0.2, -0.15) is 0 Å². The lowest BCUT2D eigenvalue weighted by molar-refractivity contribution is 0.487. The van der Waals surface area contributed by atoms with E-state index in [4.69, 9.17) is 11.6 Å². The first-order chi connectivity index (χ1) is 6.61. The predicted molar refractivity (Wildman–Crippen MR) is 56.0 cm³/mol. The van der Waals surface area contributed by atoms with Crippen molar-refractivity contribution in [1.29, 1.82) is 0 Å². The molecule has 2 rings (SSSR count). The lowest BCUT2D eigenvalue weighted by Gasteiger charge is -2.22. The minimum absolute atomic E-state index is 0.112. The van der Waals surface area contributed by atoms with Crippen LogP contribution in [-0.4, -0.2) is 0 Å². The van der Waals surface area contributed by atoms with Crippen LogP contribution < -0.4 is 0 Å². The van der Waals surface area contributed by atoms with Gasteiger partial charge in [0.15, 0.2) is 11.6 Å². The van der Waals surface area contributed by atoms with Gasteiger partial charge in [0, 0.05) is 15.4 Å². The van der Waals surface area contributed by atoms with Crippen LogP contribution in [0.5, 0.6) is 0 Å². The van der Waals surface area contributed by atoms with E-state index in [-0.39, 0.29) is 4.83 Å². The van der Waals surface area contributed by atoms with Crippen molar-refractivity contribution in [3.63, 3.8) is 0 Å². The van der Waals surface area contributed by atoms with Crippen molar-refractivity contribution in [2.24, 2.45) is 0 Å². The number of hydrogen-bond acceptors (Lipinski definition) is 0. The van der Waals surface area contributed by atoms with Gasteiger partial charge in [0.25, 0.3) is 0 Å². The molecule has 1 aromatic carbocycles. The molecule has 0 aliphatic heterocycles. The Morgan fingerprint density at radius 1 is 1.43 bits per heavy atom. The number of rotatable bonds is 0. The topological polar surface area (TPSA) is 0 Å². The third-order valence-corrected chi connectivity index (χ3v) is 3.76. The van der Waals surface area contributed by atoms with Crippen molar-refractivity contribution >= 4 is 27.5 Å². The highest BCUT2D eigenvalue weighted by atomic mass is 79.9. The Labute approximate surface area is 94.4 Å². The maximum atomic E-state index is 13.5. The first-order valence-electron chi connectivity index (χ1n) is 4.41. The molecular formula is C10H8BrClF2. The molecule has 4 heteroatoms. The molecule has 14 heavy (non-hydrogen) atoms. The Hall–Kier alpha value is -0.150. The van der Waals surface area contributed by atoms with Gasteiger partial charge in [-0.15, -0.1) is 0 Å². The molecule has 1 unspecified atom stereocenters. The molecule has 0 heterocycles. The molecule has 0 amide bonds. The molecule has 0 fully saturated rings. The standard InChI is InChI=1S/C10H8BrClF2/c11-6-3-1-2-5-7(12)4-8(13)10(14)9(5)6/h4,6H,1-3H2. The first kappa shape index (κ1) is 10.4. The van der Waals surface area contributed by atoms with Crippen molar-refractivity contribution in [3.8, 4) is 0 Å². The average Bonchev–Trinajstić information content (AvgIpc) is 2.14. The summed E-state index contributed by atoms with van der Waals surface area (Å²) in [6.07, 6.45) is 2.50. The molecule has 0 bridgehead atoms. The van der Waals surface area contributed by atoms with Crippen LogP contribution in [0.4, 0.5) is 8.78 Å². The van der Waals surface area contributed by atoms with Gasteiger partial charge in [-0.25, -0.2) is 8.78 Å². The van der Waals surface area contributed by atoms with Gasteiger partial charge in [0.05, 0.1) is 0 Å². The number of alkyl halides is 1. The smallest absolute Gasteiger partial charge is 0.163 e. The molecule has 0 spiro atoms. The van der Waals surface area contributed by atoms with Crippen LogP contribution in [0.15, 0.2) is 6.07 Å². The maximum absolute atomic E-state index is 13.5. The largest absolute Gasteiger partial charge is 0.204 e. The zero-order chi connectivity index (χ0) is 10.3. The van der Waals surface area contributed by atoms with Gasteiger partial charge in [0.2, 0.25) is 0 Å². The maximum Gasteiger partial charge on any atom is 0.163 e. The first-order valence-corrected chi connectivity index (χ1v) is 5.71. The molecule has 0 radical (unpaired) electrons. The Morgan fingerprint density at radius 3 is 2.86 bits per heavy atom. The molecule has 1 aliphatic rings. The Kier molecular flexibility index (Phi) is 2.80. The summed E-state index contributed by atoms with van der Waals surface area (Å²) in [7, 11) is 0. The molecule has 1 atom stereocenters. The number of fused-ring (bicyclic) bond motifs is 1. The second-order valence-electron chi connectivity index (χ2n) is 3.41. The quantitative estimate of drug-likeness (QED) is 0.489. The highest BCUT2D eigenvalue weighted by Gasteiger charge is 2.26. The van der Waals surface area contributed by atoms with Crippen molar-refractivity contribution in [2.45, 2.75) is 24.1 Å². The van der Waals surface area contributed by atoms with Gasteiger partial charge in [-0.05, 0) is 30.9 Å². The minimum atomic E-state index is -0.861. The van der Waals surface area contributed by atoms with E-state index in [1.165, 1.54) is 0 Å². The third kappa shape index (κ3) is 1.57. The summed E-state index contributed by atoms with van der Waals surface area (Å²) in [4.78, 5) is -0.112. The lowest BCUT2D eigenvalue weighted by atomic mass is 9.91. The zero-order valence-corrected chi connectivity index (χ0v) is 9.63. The summed E-state index contributed by atoms with van der Waals surface area (Å²) in [6.45, 7) is 0. The SMILES string of the molecule is Fc1cc(Cl)c2c(c1F)C(Br)CCC2. The van der Waals surface area contributed by atoms with Crippen LogP contribution in [0.25, 0.3) is 0 Å². The van der Waals surface area contributed by atoms with Crippen LogP contribution in [0, 0.1) is 11.6 Å². The summed E-state index contributed by atoms with van der Waals surface area (Å²) in [6, 6.07) is 1.06. The van der Waals surface area contributed by atoms with E-state index < -0.39 is 11.6 Å². The normalized spacial score (nSPS) is 20.7. The minimum Gasteiger partial charge on any atom is -0.204 e. The number of halogens is 4. The fourth-order valence-corrected chi connectivity index (χ4v) is 2.93.